The Labute approximate surface area is 389 Å². The summed E-state index contributed by atoms with van der Waals surface area (Å²) in [4.78, 5) is 27.3. The number of fused-ring (bicyclic) bond motifs is 2. The Hall–Kier alpha value is -7.05. The Balaban J connectivity index is 0.871. The molecule has 0 unspecified atom stereocenters. The topological polar surface area (TPSA) is 150 Å². The van der Waals surface area contributed by atoms with Gasteiger partial charge in [-0.15, -0.1) is 0 Å². The molecule has 0 spiro atoms. The van der Waals surface area contributed by atoms with Gasteiger partial charge >= 0.3 is 0 Å². The Morgan fingerprint density at radius 2 is 1.25 bits per heavy atom. The first-order valence-corrected chi connectivity index (χ1v) is 22.3. The van der Waals surface area contributed by atoms with E-state index in [4.69, 9.17) is 28.7 Å². The van der Waals surface area contributed by atoms with Gasteiger partial charge in [0.1, 0.15) is 11.3 Å². The zero-order valence-corrected chi connectivity index (χ0v) is 38.6. The van der Waals surface area contributed by atoms with E-state index in [0.717, 1.165) is 60.9 Å². The van der Waals surface area contributed by atoms with E-state index in [0.29, 0.717) is 44.8 Å². The maximum atomic E-state index is 16.3. The second-order valence-corrected chi connectivity index (χ2v) is 17.4. The van der Waals surface area contributed by atoms with Crippen LogP contribution in [0.2, 0.25) is 0 Å². The molecule has 2 aromatic carbocycles. The molecule has 6 aromatic heterocycles. The summed E-state index contributed by atoms with van der Waals surface area (Å²) in [6, 6.07) is 6.12. The van der Waals surface area contributed by atoms with Crippen molar-refractivity contribution in [1.82, 2.24) is 44.6 Å². The van der Waals surface area contributed by atoms with Crippen LogP contribution in [0, 0.1) is 23.3 Å². The number of ether oxygens (including phenoxy) is 5. The lowest BCUT2D eigenvalue weighted by Crippen LogP contribution is -2.32. The maximum Gasteiger partial charge on any atom is 0.189 e. The normalized spacial score (nSPS) is 13.7. The first-order valence-electron chi connectivity index (χ1n) is 22.3. The van der Waals surface area contributed by atoms with Crippen LogP contribution in [0.1, 0.15) is 67.5 Å². The molecular formula is C50H51F4N9O5. The van der Waals surface area contributed by atoms with Gasteiger partial charge in [-0.05, 0) is 69.6 Å². The molecular weight excluding hydrogens is 883 g/mol. The van der Waals surface area contributed by atoms with Gasteiger partial charge in [0.15, 0.2) is 53.1 Å². The van der Waals surface area contributed by atoms with Gasteiger partial charge in [-0.1, -0.05) is 6.92 Å². The van der Waals surface area contributed by atoms with Crippen LogP contribution in [0.4, 0.5) is 17.6 Å². The first kappa shape index (κ1) is 46.1. The number of aromatic amines is 2. The van der Waals surface area contributed by atoms with Crippen molar-refractivity contribution in [3.05, 3.63) is 125 Å². The largest absolute Gasteiger partial charge is 0.494 e. The average molecular weight is 934 g/mol. The minimum atomic E-state index is -0.887. The summed E-state index contributed by atoms with van der Waals surface area (Å²) < 4.78 is 91.9. The van der Waals surface area contributed by atoms with Gasteiger partial charge in [0, 0.05) is 107 Å². The highest BCUT2D eigenvalue weighted by Crippen LogP contribution is 2.37. The number of benzene rings is 2. The van der Waals surface area contributed by atoms with Crippen LogP contribution in [-0.4, -0.2) is 97.9 Å². The van der Waals surface area contributed by atoms with Crippen molar-refractivity contribution in [3.8, 4) is 45.4 Å². The van der Waals surface area contributed by atoms with E-state index < -0.39 is 28.9 Å². The zero-order chi connectivity index (χ0) is 47.7. The van der Waals surface area contributed by atoms with Gasteiger partial charge in [-0.3, -0.25) is 9.67 Å². The lowest BCUT2D eigenvalue weighted by atomic mass is 9.93. The number of likely N-dealkylation sites (tertiary alicyclic amines) is 1. The highest BCUT2D eigenvalue weighted by Gasteiger charge is 2.27. The summed E-state index contributed by atoms with van der Waals surface area (Å²) >= 11 is 0. The number of H-pyrrole nitrogens is 2. The van der Waals surface area contributed by atoms with Crippen molar-refractivity contribution in [2.75, 3.05) is 47.8 Å². The Bertz CT molecular complexity index is 3080. The molecule has 0 aliphatic carbocycles. The Kier molecular flexibility index (Phi) is 13.1. The number of hydrogen-bond donors (Lipinski definition) is 2. The number of piperidine rings is 1. The Morgan fingerprint density at radius 3 is 1.84 bits per heavy atom. The molecule has 14 nitrogen and oxygen atoms in total. The van der Waals surface area contributed by atoms with Crippen molar-refractivity contribution >= 4 is 22.1 Å². The van der Waals surface area contributed by atoms with E-state index in [-0.39, 0.29) is 60.3 Å². The first-order chi connectivity index (χ1) is 32.9. The number of nitrogens with one attached hydrogen (secondary N) is 2. The molecule has 0 bridgehead atoms. The number of nitrogens with zero attached hydrogens (tertiary/aromatic N) is 7. The highest BCUT2D eigenvalue weighted by molar-refractivity contribution is 5.85. The number of aromatic nitrogens is 8. The van der Waals surface area contributed by atoms with Gasteiger partial charge < -0.3 is 38.6 Å². The fraction of sp³-hybridized carbons (Fsp3) is 0.340. The third-order valence-corrected chi connectivity index (χ3v) is 12.7. The summed E-state index contributed by atoms with van der Waals surface area (Å²) in [6.45, 7) is 8.80. The number of hydrogen-bond acceptors (Lipinski definition) is 11. The molecule has 9 rings (SSSR count). The van der Waals surface area contributed by atoms with Crippen LogP contribution < -0.4 is 18.9 Å². The monoisotopic (exact) mass is 933 g/mol. The second kappa shape index (κ2) is 19.3. The van der Waals surface area contributed by atoms with E-state index >= 15 is 17.6 Å². The molecule has 7 heterocycles. The van der Waals surface area contributed by atoms with Crippen LogP contribution in [0.3, 0.4) is 0 Å². The van der Waals surface area contributed by atoms with Crippen LogP contribution >= 0.6 is 0 Å². The molecule has 1 aliphatic heterocycles. The lowest BCUT2D eigenvalue weighted by Gasteiger charge is -2.30. The van der Waals surface area contributed by atoms with Gasteiger partial charge in [0.25, 0.3) is 0 Å². The molecule has 8 aromatic rings. The van der Waals surface area contributed by atoms with Crippen LogP contribution in [0.25, 0.3) is 44.5 Å². The van der Waals surface area contributed by atoms with Crippen LogP contribution in [0.15, 0.2) is 73.8 Å². The quantitative estimate of drug-likeness (QED) is 0.0664. The van der Waals surface area contributed by atoms with Crippen molar-refractivity contribution in [1.29, 1.82) is 0 Å². The fourth-order valence-corrected chi connectivity index (χ4v) is 8.78. The van der Waals surface area contributed by atoms with E-state index in [9.17, 15) is 0 Å². The lowest BCUT2D eigenvalue weighted by molar-refractivity contribution is -0.0961. The minimum absolute atomic E-state index is 0.0904. The predicted octanol–water partition coefficient (Wildman–Crippen LogP) is 9.55. The molecule has 354 valence electrons. The standard InChI is InChI=1S/C50H51F4N9O5/c1-7-62-10-8-28(9-11-62)38-23-55-24-39(61-38)32-15-35-31(20-58-49(35)59-21-32)14-37-46(53)42(66-6)17-43(47(37)54)67-27-68-50(2,3)26-63-25-33(22-60-63)29-12-34-30(19-57-48(34)56-18-29)13-36-44(51)40(64-4)16-41(65-5)45(36)52/h12,15-25,28H,7-11,13-14,26-27H2,1-6H3,(H,56,57)(H,58,59). The SMILES string of the molecule is CCN1CCC(c2cncc(-c3cnc4[nH]cc(Cc5c(F)c(OC)cc(OCOC(C)(C)Cn6cc(-c7cnc8[nH]cc(Cc9c(F)c(OC)cc(OC)c9F)c8c7)cn6)c5F)c4c3)n2)CC1. The zero-order valence-electron chi connectivity index (χ0n) is 38.6. The van der Waals surface area contributed by atoms with Crippen molar-refractivity contribution in [2.45, 2.75) is 64.5 Å². The number of halogens is 4. The summed E-state index contributed by atoms with van der Waals surface area (Å²) in [7, 11) is 3.91. The fourth-order valence-electron chi connectivity index (χ4n) is 8.78. The van der Waals surface area contributed by atoms with Crippen molar-refractivity contribution in [3.63, 3.8) is 0 Å². The van der Waals surface area contributed by atoms with Gasteiger partial charge in [0.05, 0.1) is 57.3 Å². The minimum Gasteiger partial charge on any atom is -0.494 e. The Morgan fingerprint density at radius 1 is 0.691 bits per heavy atom. The van der Waals surface area contributed by atoms with Gasteiger partial charge in [0.2, 0.25) is 0 Å². The molecule has 0 saturated carbocycles. The van der Waals surface area contributed by atoms with Crippen LogP contribution in [0.5, 0.6) is 23.0 Å². The number of pyridine rings is 2. The van der Waals surface area contributed by atoms with E-state index in [2.05, 4.69) is 41.8 Å². The maximum absolute atomic E-state index is 16.3. The van der Waals surface area contributed by atoms with Crippen molar-refractivity contribution < 1.29 is 41.2 Å². The smallest absolute Gasteiger partial charge is 0.189 e. The van der Waals surface area contributed by atoms with E-state index in [1.165, 1.54) is 27.4 Å². The molecule has 0 atom stereocenters. The highest BCUT2D eigenvalue weighted by atomic mass is 19.1. The summed E-state index contributed by atoms with van der Waals surface area (Å²) in [6.07, 6.45) is 15.6. The van der Waals surface area contributed by atoms with E-state index in [1.807, 2.05) is 38.4 Å². The molecule has 0 amide bonds. The van der Waals surface area contributed by atoms with Gasteiger partial charge in [-0.2, -0.15) is 5.10 Å². The van der Waals surface area contributed by atoms with Gasteiger partial charge in [-0.25, -0.2) is 32.5 Å². The molecule has 18 heteroatoms. The molecule has 1 fully saturated rings. The van der Waals surface area contributed by atoms with Crippen LogP contribution in [-0.2, 0) is 24.1 Å². The molecule has 68 heavy (non-hydrogen) atoms. The third-order valence-electron chi connectivity index (χ3n) is 12.7. The number of methoxy groups -OCH3 is 3. The summed E-state index contributed by atoms with van der Waals surface area (Å²) in [5.41, 5.74) is 4.83. The molecule has 2 N–H and O–H groups in total. The molecule has 1 aliphatic rings. The van der Waals surface area contributed by atoms with E-state index in [1.54, 1.807) is 41.9 Å². The average Bonchev–Trinajstić information content (AvgIpc) is 4.10. The van der Waals surface area contributed by atoms with Crippen molar-refractivity contribution in [2.24, 2.45) is 0 Å². The summed E-state index contributed by atoms with van der Waals surface area (Å²) in [5.74, 6) is -3.72. The predicted molar refractivity (Wildman–Crippen MR) is 247 cm³/mol. The third kappa shape index (κ3) is 9.29. The molecule has 0 radical (unpaired) electrons. The number of rotatable bonds is 17. The summed E-state index contributed by atoms with van der Waals surface area (Å²) in [5, 5.41) is 5.89. The molecule has 1 saturated heterocycles. The second-order valence-electron chi connectivity index (χ2n) is 17.4.